The Morgan fingerprint density at radius 2 is 1.89 bits per heavy atom. The Kier molecular flexibility index (Phi) is 8.86. The number of hydrogen-bond donors (Lipinski definition) is 2. The Morgan fingerprint density at radius 1 is 1.26 bits per heavy atom. The molecule has 0 unspecified atom stereocenters. The zero-order valence-electron chi connectivity index (χ0n) is 15.6. The van der Waals surface area contributed by atoms with Gasteiger partial charge in [0.25, 0.3) is 0 Å². The summed E-state index contributed by atoms with van der Waals surface area (Å²) in [5.41, 5.74) is 7.31. The van der Waals surface area contributed by atoms with Gasteiger partial charge in [-0.05, 0) is 37.7 Å². The third-order valence-electron chi connectivity index (χ3n) is 4.24. The molecular weight excluding hydrogens is 470 g/mol. The van der Waals surface area contributed by atoms with Gasteiger partial charge in [0, 0.05) is 38.4 Å². The van der Waals surface area contributed by atoms with Crippen molar-refractivity contribution < 1.29 is 13.2 Å². The van der Waals surface area contributed by atoms with Crippen molar-refractivity contribution in [3.63, 3.8) is 0 Å². The van der Waals surface area contributed by atoms with Gasteiger partial charge < -0.3 is 20.9 Å². The van der Waals surface area contributed by atoms with Crippen LogP contribution in [-0.2, 0) is 12.7 Å². The molecule has 1 aliphatic heterocycles. The van der Waals surface area contributed by atoms with Crippen LogP contribution in [0.2, 0.25) is 0 Å². The Balaban J connectivity index is 0.00000364. The molecule has 27 heavy (non-hydrogen) atoms. The number of alkyl halides is 3. The quantitative estimate of drug-likeness (QED) is 0.284. The van der Waals surface area contributed by atoms with Crippen molar-refractivity contribution in [2.45, 2.75) is 19.6 Å². The summed E-state index contributed by atoms with van der Waals surface area (Å²) < 4.78 is 39.3. The van der Waals surface area contributed by atoms with Gasteiger partial charge in [0.05, 0.1) is 12.1 Å². The van der Waals surface area contributed by atoms with E-state index in [4.69, 9.17) is 5.73 Å². The summed E-state index contributed by atoms with van der Waals surface area (Å²) in [6.45, 7) is 9.43. The molecule has 5 nitrogen and oxygen atoms in total. The van der Waals surface area contributed by atoms with Crippen LogP contribution in [0.1, 0.15) is 18.1 Å². The number of anilines is 1. The van der Waals surface area contributed by atoms with Crippen LogP contribution >= 0.6 is 24.0 Å². The van der Waals surface area contributed by atoms with Crippen LogP contribution in [-0.4, -0.2) is 50.6 Å². The maximum absolute atomic E-state index is 13.1. The van der Waals surface area contributed by atoms with Crippen molar-refractivity contribution in [1.29, 1.82) is 0 Å². The third-order valence-corrected chi connectivity index (χ3v) is 4.24. The minimum absolute atomic E-state index is 0. The maximum atomic E-state index is 13.1. The van der Waals surface area contributed by atoms with Gasteiger partial charge in [-0.15, -0.1) is 24.0 Å². The molecule has 0 aliphatic carbocycles. The molecule has 3 N–H and O–H groups in total. The van der Waals surface area contributed by atoms with E-state index in [2.05, 4.69) is 26.7 Å². The number of halogens is 4. The first-order chi connectivity index (χ1) is 12.2. The summed E-state index contributed by atoms with van der Waals surface area (Å²) in [6.07, 6.45) is -4.39. The van der Waals surface area contributed by atoms with Crippen LogP contribution < -0.4 is 16.0 Å². The van der Waals surface area contributed by atoms with Crippen molar-refractivity contribution in [2.75, 3.05) is 44.7 Å². The highest BCUT2D eigenvalue weighted by atomic mass is 127. The summed E-state index contributed by atoms with van der Waals surface area (Å²) in [6, 6.07) is 3.84. The van der Waals surface area contributed by atoms with Gasteiger partial charge in [0.15, 0.2) is 5.96 Å². The molecule has 1 heterocycles. The number of piperazine rings is 1. The molecule has 0 amide bonds. The van der Waals surface area contributed by atoms with Gasteiger partial charge >= 0.3 is 6.18 Å². The first kappa shape index (κ1) is 23.5. The summed E-state index contributed by atoms with van der Waals surface area (Å²) in [7, 11) is 2.03. The molecule has 1 saturated heterocycles. The number of likely N-dealkylation sites (N-methyl/N-ethyl adjacent to an activating group) is 1. The minimum Gasteiger partial charge on any atom is -0.370 e. The van der Waals surface area contributed by atoms with Gasteiger partial charge in [-0.1, -0.05) is 12.2 Å². The Hall–Kier alpha value is -1.49. The average Bonchev–Trinajstić information content (AvgIpc) is 2.58. The van der Waals surface area contributed by atoms with Gasteiger partial charge in [-0.3, -0.25) is 0 Å². The Labute approximate surface area is 175 Å². The van der Waals surface area contributed by atoms with Crippen LogP contribution in [0, 0.1) is 0 Å². The number of benzene rings is 1. The van der Waals surface area contributed by atoms with E-state index in [9.17, 15) is 13.2 Å². The lowest BCUT2D eigenvalue weighted by Crippen LogP contribution is -2.44. The highest BCUT2D eigenvalue weighted by Gasteiger charge is 2.31. The second-order valence-electron chi connectivity index (χ2n) is 6.64. The second-order valence-corrected chi connectivity index (χ2v) is 6.64. The van der Waals surface area contributed by atoms with E-state index in [0.29, 0.717) is 12.1 Å². The normalized spacial score (nSPS) is 16.0. The fraction of sp³-hybridized carbons (Fsp3) is 0.500. The second kappa shape index (κ2) is 10.2. The first-order valence-corrected chi connectivity index (χ1v) is 8.48. The summed E-state index contributed by atoms with van der Waals surface area (Å²) in [5, 5.41) is 2.89. The lowest BCUT2D eigenvalue weighted by molar-refractivity contribution is -0.137. The molecule has 152 valence electrons. The SMILES string of the molecule is C=C(C)CNC(N)=NCc1cc(C(F)(F)F)ccc1N1CCN(C)CC1.I. The van der Waals surface area contributed by atoms with E-state index < -0.39 is 11.7 Å². The van der Waals surface area contributed by atoms with E-state index in [1.165, 1.54) is 12.1 Å². The van der Waals surface area contributed by atoms with Crippen LogP contribution in [0.5, 0.6) is 0 Å². The van der Waals surface area contributed by atoms with Crippen molar-refractivity contribution in [3.05, 3.63) is 41.5 Å². The molecule has 0 saturated carbocycles. The monoisotopic (exact) mass is 497 g/mol. The number of aliphatic imine (C=N–C) groups is 1. The zero-order chi connectivity index (χ0) is 19.3. The van der Waals surface area contributed by atoms with Crippen molar-refractivity contribution in [3.8, 4) is 0 Å². The number of hydrogen-bond acceptors (Lipinski definition) is 3. The lowest BCUT2D eigenvalue weighted by Gasteiger charge is -2.35. The molecule has 0 bridgehead atoms. The molecule has 1 aromatic rings. The summed E-state index contributed by atoms with van der Waals surface area (Å²) in [5.74, 6) is 0.190. The number of nitrogens with two attached hydrogens (primary N) is 1. The standard InChI is InChI=1S/C18H26F3N5.HI/c1-13(2)11-23-17(22)24-12-14-10-15(18(19,20)21)4-5-16(14)26-8-6-25(3)7-9-26;/h4-5,10H,1,6-9,11-12H2,2-3H3,(H3,22,23,24);1H. The smallest absolute Gasteiger partial charge is 0.370 e. The molecule has 2 rings (SSSR count). The molecule has 1 aliphatic rings. The number of nitrogens with zero attached hydrogens (tertiary/aromatic N) is 3. The molecule has 1 aromatic carbocycles. The van der Waals surface area contributed by atoms with Crippen molar-refractivity contribution in [1.82, 2.24) is 10.2 Å². The molecule has 9 heteroatoms. The van der Waals surface area contributed by atoms with Gasteiger partial charge in [-0.25, -0.2) is 4.99 Å². The number of nitrogens with one attached hydrogen (secondary N) is 1. The number of guanidine groups is 1. The fourth-order valence-corrected chi connectivity index (χ4v) is 2.71. The molecular formula is C18H27F3IN5. The third kappa shape index (κ3) is 7.21. The highest BCUT2D eigenvalue weighted by Crippen LogP contribution is 2.33. The van der Waals surface area contributed by atoms with E-state index in [1.54, 1.807) is 0 Å². The first-order valence-electron chi connectivity index (χ1n) is 8.48. The topological polar surface area (TPSA) is 56.9 Å². The molecule has 0 atom stereocenters. The molecule has 0 aromatic heterocycles. The minimum atomic E-state index is -4.39. The van der Waals surface area contributed by atoms with Crippen molar-refractivity contribution in [2.24, 2.45) is 10.7 Å². The summed E-state index contributed by atoms with van der Waals surface area (Å²) in [4.78, 5) is 8.49. The van der Waals surface area contributed by atoms with E-state index >= 15 is 0 Å². The largest absolute Gasteiger partial charge is 0.416 e. The van der Waals surface area contributed by atoms with Crippen LogP contribution in [0.4, 0.5) is 18.9 Å². The van der Waals surface area contributed by atoms with E-state index in [-0.39, 0.29) is 36.5 Å². The van der Waals surface area contributed by atoms with Gasteiger partial charge in [0.2, 0.25) is 0 Å². The van der Waals surface area contributed by atoms with E-state index in [0.717, 1.165) is 43.5 Å². The average molecular weight is 497 g/mol. The highest BCUT2D eigenvalue weighted by molar-refractivity contribution is 14.0. The van der Waals surface area contributed by atoms with Crippen molar-refractivity contribution >= 4 is 35.6 Å². The van der Waals surface area contributed by atoms with Gasteiger partial charge in [-0.2, -0.15) is 13.2 Å². The van der Waals surface area contributed by atoms with Crippen LogP contribution in [0.3, 0.4) is 0 Å². The van der Waals surface area contributed by atoms with Gasteiger partial charge in [0.1, 0.15) is 0 Å². The molecule has 0 spiro atoms. The van der Waals surface area contributed by atoms with E-state index in [1.807, 2.05) is 14.0 Å². The molecule has 0 radical (unpaired) electrons. The van der Waals surface area contributed by atoms with Crippen LogP contribution in [0.15, 0.2) is 35.3 Å². The van der Waals surface area contributed by atoms with Crippen LogP contribution in [0.25, 0.3) is 0 Å². The molecule has 1 fully saturated rings. The lowest BCUT2D eigenvalue weighted by atomic mass is 10.1. The predicted molar refractivity (Wildman–Crippen MR) is 115 cm³/mol. The number of rotatable bonds is 5. The predicted octanol–water partition coefficient (Wildman–Crippen LogP) is 3.06. The maximum Gasteiger partial charge on any atom is 0.416 e. The fourth-order valence-electron chi connectivity index (χ4n) is 2.71. The zero-order valence-corrected chi connectivity index (χ0v) is 18.0. The Bertz CT molecular complexity index is 667. The summed E-state index contributed by atoms with van der Waals surface area (Å²) >= 11 is 0. The Morgan fingerprint density at radius 3 is 2.44 bits per heavy atom.